The van der Waals surface area contributed by atoms with Crippen LogP contribution in [0.1, 0.15) is 34.8 Å². The molecule has 1 fully saturated rings. The van der Waals surface area contributed by atoms with Crippen LogP contribution in [0, 0.1) is 0 Å². The van der Waals surface area contributed by atoms with E-state index in [2.05, 4.69) is 21.6 Å². The summed E-state index contributed by atoms with van der Waals surface area (Å²) < 4.78 is 5.38. The lowest BCUT2D eigenvalue weighted by Crippen LogP contribution is -2.36. The summed E-state index contributed by atoms with van der Waals surface area (Å²) in [5.74, 6) is 1.06. The van der Waals surface area contributed by atoms with Gasteiger partial charge in [0.15, 0.2) is 0 Å². The van der Waals surface area contributed by atoms with Gasteiger partial charge in [-0.3, -0.25) is 14.5 Å². The van der Waals surface area contributed by atoms with Crippen LogP contribution in [-0.4, -0.2) is 49.2 Å². The summed E-state index contributed by atoms with van der Waals surface area (Å²) >= 11 is 1.49. The Kier molecular flexibility index (Phi) is 6.06. The van der Waals surface area contributed by atoms with E-state index in [0.717, 1.165) is 29.3 Å². The zero-order valence-corrected chi connectivity index (χ0v) is 17.3. The lowest BCUT2D eigenvalue weighted by molar-refractivity contribution is -0.113. The molecule has 152 valence electrons. The highest BCUT2D eigenvalue weighted by atomic mass is 32.2. The predicted octanol–water partition coefficient (Wildman–Crippen LogP) is 3.31. The number of anilines is 1. The van der Waals surface area contributed by atoms with Crippen LogP contribution < -0.4 is 15.4 Å². The molecule has 7 heteroatoms. The Hall–Kier alpha value is -2.51. The molecule has 0 radical (unpaired) electrons. The first-order valence-corrected chi connectivity index (χ1v) is 10.9. The van der Waals surface area contributed by atoms with Crippen LogP contribution in [0.25, 0.3) is 0 Å². The molecule has 2 heterocycles. The van der Waals surface area contributed by atoms with Crippen molar-refractivity contribution >= 4 is 29.3 Å². The minimum absolute atomic E-state index is 0.0350. The molecule has 0 bridgehead atoms. The van der Waals surface area contributed by atoms with E-state index in [0.29, 0.717) is 23.5 Å². The Morgan fingerprint density at radius 1 is 1.24 bits per heavy atom. The second kappa shape index (κ2) is 8.88. The summed E-state index contributed by atoms with van der Waals surface area (Å²) in [4.78, 5) is 27.9. The molecule has 2 N–H and O–H groups in total. The molecular weight excluding hydrogens is 386 g/mol. The number of nitrogens with zero attached hydrogens (tertiary/aromatic N) is 1. The van der Waals surface area contributed by atoms with Crippen molar-refractivity contribution in [2.75, 3.05) is 37.8 Å². The van der Waals surface area contributed by atoms with Gasteiger partial charge in [-0.05, 0) is 61.8 Å². The third-order valence-corrected chi connectivity index (χ3v) is 6.46. The number of nitrogens with one attached hydrogen (secondary N) is 2. The van der Waals surface area contributed by atoms with Gasteiger partial charge in [0, 0.05) is 17.0 Å². The second-order valence-corrected chi connectivity index (χ2v) is 8.31. The fourth-order valence-electron chi connectivity index (χ4n) is 3.88. The van der Waals surface area contributed by atoms with E-state index in [1.54, 1.807) is 13.2 Å². The first-order chi connectivity index (χ1) is 14.1. The maximum Gasteiger partial charge on any atom is 0.251 e. The van der Waals surface area contributed by atoms with Gasteiger partial charge in [-0.15, -0.1) is 11.8 Å². The number of hydrogen-bond acceptors (Lipinski definition) is 5. The van der Waals surface area contributed by atoms with E-state index < -0.39 is 0 Å². The quantitative estimate of drug-likeness (QED) is 0.763. The average molecular weight is 412 g/mol. The van der Waals surface area contributed by atoms with Crippen molar-refractivity contribution in [2.45, 2.75) is 23.8 Å². The van der Waals surface area contributed by atoms with Crippen molar-refractivity contribution in [1.29, 1.82) is 0 Å². The largest absolute Gasteiger partial charge is 0.497 e. The first-order valence-electron chi connectivity index (χ1n) is 9.87. The Balaban J connectivity index is 1.49. The molecule has 0 spiro atoms. The number of rotatable bonds is 6. The van der Waals surface area contributed by atoms with E-state index in [1.165, 1.54) is 24.6 Å². The normalized spacial score (nSPS) is 17.3. The first kappa shape index (κ1) is 19.8. The van der Waals surface area contributed by atoms with Crippen molar-refractivity contribution in [3.8, 4) is 5.75 Å². The van der Waals surface area contributed by atoms with Crippen molar-refractivity contribution in [3.63, 3.8) is 0 Å². The van der Waals surface area contributed by atoms with Gasteiger partial charge in [0.2, 0.25) is 5.91 Å². The van der Waals surface area contributed by atoms with Gasteiger partial charge in [-0.2, -0.15) is 0 Å². The lowest BCUT2D eigenvalue weighted by atomic mass is 10.0. The summed E-state index contributed by atoms with van der Waals surface area (Å²) in [5, 5.41) is 5.93. The summed E-state index contributed by atoms with van der Waals surface area (Å²) in [5.41, 5.74) is 2.40. The van der Waals surface area contributed by atoms with Gasteiger partial charge < -0.3 is 15.4 Å². The number of carbonyl (C=O) groups is 2. The minimum Gasteiger partial charge on any atom is -0.497 e. The monoisotopic (exact) mass is 411 g/mol. The highest BCUT2D eigenvalue weighted by Crippen LogP contribution is 2.32. The standard InChI is InChI=1S/C22H25N3O3S/c1-28-17-6-4-5-15(11-17)19(25-9-2-3-10-25)13-23-22(27)16-7-8-20-18(12-16)24-21(26)14-29-20/h4-8,11-12,19H,2-3,9-10,13-14H2,1H3,(H,23,27)(H,24,26)/t19-/m1/s1. The maximum absolute atomic E-state index is 12.8. The Morgan fingerprint density at radius 3 is 2.86 bits per heavy atom. The number of fused-ring (bicyclic) bond motifs is 1. The smallest absolute Gasteiger partial charge is 0.251 e. The lowest BCUT2D eigenvalue weighted by Gasteiger charge is -2.28. The zero-order valence-electron chi connectivity index (χ0n) is 16.4. The number of amides is 2. The molecule has 2 aliphatic heterocycles. The van der Waals surface area contributed by atoms with Gasteiger partial charge in [0.05, 0.1) is 24.6 Å². The van der Waals surface area contributed by atoms with Crippen LogP contribution in [0.15, 0.2) is 47.4 Å². The fraction of sp³-hybridized carbons (Fsp3) is 0.364. The van der Waals surface area contributed by atoms with Gasteiger partial charge >= 0.3 is 0 Å². The summed E-state index contributed by atoms with van der Waals surface area (Å²) in [6.07, 6.45) is 2.35. The molecule has 2 aromatic carbocycles. The molecule has 2 aromatic rings. The summed E-state index contributed by atoms with van der Waals surface area (Å²) in [7, 11) is 1.67. The summed E-state index contributed by atoms with van der Waals surface area (Å²) in [6.45, 7) is 2.57. The molecule has 0 aliphatic carbocycles. The molecule has 4 rings (SSSR count). The molecule has 0 saturated carbocycles. The van der Waals surface area contributed by atoms with Crippen LogP contribution in [0.2, 0.25) is 0 Å². The molecule has 29 heavy (non-hydrogen) atoms. The number of likely N-dealkylation sites (tertiary alicyclic amines) is 1. The highest BCUT2D eigenvalue weighted by molar-refractivity contribution is 8.00. The van der Waals surface area contributed by atoms with Crippen LogP contribution in [0.3, 0.4) is 0 Å². The number of benzene rings is 2. The number of ether oxygens (including phenoxy) is 1. The highest BCUT2D eigenvalue weighted by Gasteiger charge is 2.25. The molecule has 0 unspecified atom stereocenters. The van der Waals surface area contributed by atoms with E-state index in [1.807, 2.05) is 30.3 Å². The van der Waals surface area contributed by atoms with Crippen LogP contribution in [0.5, 0.6) is 5.75 Å². The fourth-order valence-corrected chi connectivity index (χ4v) is 4.66. The predicted molar refractivity (Wildman–Crippen MR) is 115 cm³/mol. The van der Waals surface area contributed by atoms with Gasteiger partial charge in [-0.25, -0.2) is 0 Å². The third kappa shape index (κ3) is 4.57. The number of carbonyl (C=O) groups excluding carboxylic acids is 2. The van der Waals surface area contributed by atoms with Crippen molar-refractivity contribution in [3.05, 3.63) is 53.6 Å². The molecule has 1 saturated heterocycles. The van der Waals surface area contributed by atoms with Crippen molar-refractivity contribution in [2.24, 2.45) is 0 Å². The topological polar surface area (TPSA) is 70.7 Å². The van der Waals surface area contributed by atoms with Crippen molar-refractivity contribution in [1.82, 2.24) is 10.2 Å². The molecular formula is C22H25N3O3S. The zero-order chi connectivity index (χ0) is 20.2. The minimum atomic E-state index is -0.135. The van der Waals surface area contributed by atoms with Crippen molar-refractivity contribution < 1.29 is 14.3 Å². The van der Waals surface area contributed by atoms with Gasteiger partial charge in [0.25, 0.3) is 5.91 Å². The van der Waals surface area contributed by atoms with E-state index in [4.69, 9.17) is 4.74 Å². The number of hydrogen-bond donors (Lipinski definition) is 2. The van der Waals surface area contributed by atoms with Crippen LogP contribution >= 0.6 is 11.8 Å². The van der Waals surface area contributed by atoms with Gasteiger partial charge in [0.1, 0.15) is 5.75 Å². The molecule has 6 nitrogen and oxygen atoms in total. The molecule has 2 aliphatic rings. The average Bonchev–Trinajstić information content (AvgIpc) is 3.28. The molecule has 1 atom stereocenters. The maximum atomic E-state index is 12.8. The van der Waals surface area contributed by atoms with E-state index >= 15 is 0 Å². The summed E-state index contributed by atoms with van der Waals surface area (Å²) in [6, 6.07) is 13.6. The SMILES string of the molecule is COc1cccc([C@@H](CNC(=O)c2ccc3c(c2)NC(=O)CS3)N2CCCC2)c1. The van der Waals surface area contributed by atoms with Gasteiger partial charge in [-0.1, -0.05) is 12.1 Å². The van der Waals surface area contributed by atoms with E-state index in [-0.39, 0.29) is 17.9 Å². The van der Waals surface area contributed by atoms with E-state index in [9.17, 15) is 9.59 Å². The number of thioether (sulfide) groups is 1. The third-order valence-electron chi connectivity index (χ3n) is 5.39. The van der Waals surface area contributed by atoms with Crippen LogP contribution in [-0.2, 0) is 4.79 Å². The Morgan fingerprint density at radius 2 is 2.07 bits per heavy atom. The Labute approximate surface area is 175 Å². The molecule has 2 amide bonds. The molecule has 0 aromatic heterocycles. The van der Waals surface area contributed by atoms with Crippen LogP contribution in [0.4, 0.5) is 5.69 Å². The second-order valence-electron chi connectivity index (χ2n) is 7.29. The number of methoxy groups -OCH3 is 1. The Bertz CT molecular complexity index is 912.